The molecule has 6 nitrogen and oxygen atoms in total. The van der Waals surface area contributed by atoms with Gasteiger partial charge < -0.3 is 10.0 Å². The van der Waals surface area contributed by atoms with E-state index in [1.165, 1.54) is 4.90 Å². The van der Waals surface area contributed by atoms with Gasteiger partial charge >= 0.3 is 12.0 Å². The Kier molecular flexibility index (Phi) is 2.73. The zero-order valence-electron chi connectivity index (χ0n) is 8.07. The molecule has 0 aromatic heterocycles. The molecule has 14 heavy (non-hydrogen) atoms. The van der Waals surface area contributed by atoms with Gasteiger partial charge in [0.05, 0.1) is 0 Å². The van der Waals surface area contributed by atoms with Crippen molar-refractivity contribution in [2.24, 2.45) is 5.92 Å². The Morgan fingerprint density at radius 2 is 2.29 bits per heavy atom. The third kappa shape index (κ3) is 1.84. The number of nitrogens with one attached hydrogen (secondary N) is 2. The van der Waals surface area contributed by atoms with Crippen molar-refractivity contribution in [1.29, 1.82) is 5.41 Å². The Morgan fingerprint density at radius 1 is 1.71 bits per heavy atom. The van der Waals surface area contributed by atoms with Crippen molar-refractivity contribution >= 4 is 17.8 Å². The number of rotatable bonds is 2. The number of carbonyl (C=O) groups excluding carboxylic acids is 1. The fourth-order valence-corrected chi connectivity index (χ4v) is 1.29. The first kappa shape index (κ1) is 10.5. The molecule has 0 aromatic rings. The number of carboxylic acid groups (broad SMARTS) is 1. The van der Waals surface area contributed by atoms with Crippen molar-refractivity contribution in [3.63, 3.8) is 0 Å². The molecule has 1 saturated heterocycles. The molecule has 1 atom stereocenters. The molecule has 1 unspecified atom stereocenters. The minimum Gasteiger partial charge on any atom is -0.481 e. The maximum atomic E-state index is 11.3. The van der Waals surface area contributed by atoms with Gasteiger partial charge in [0.2, 0.25) is 0 Å². The van der Waals surface area contributed by atoms with Gasteiger partial charge in [-0.1, -0.05) is 0 Å². The molecule has 1 fully saturated rings. The summed E-state index contributed by atoms with van der Waals surface area (Å²) < 4.78 is 0. The molecule has 0 saturated carbocycles. The lowest BCUT2D eigenvalue weighted by atomic mass is 10.1. The Hall–Kier alpha value is -1.59. The maximum Gasteiger partial charge on any atom is 0.323 e. The molecule has 2 amide bonds. The highest BCUT2D eigenvalue weighted by molar-refractivity contribution is 6.08. The van der Waals surface area contributed by atoms with E-state index in [0.29, 0.717) is 0 Å². The van der Waals surface area contributed by atoms with Gasteiger partial charge in [-0.05, 0) is 13.8 Å². The van der Waals surface area contributed by atoms with Crippen LogP contribution in [0.15, 0.2) is 0 Å². The summed E-state index contributed by atoms with van der Waals surface area (Å²) in [6.45, 7) is 3.67. The van der Waals surface area contributed by atoms with Crippen LogP contribution in [0, 0.1) is 11.3 Å². The quantitative estimate of drug-likeness (QED) is 0.588. The number of nitrogens with zero attached hydrogens (tertiary/aromatic N) is 1. The molecular formula is C8H13N3O3. The predicted molar refractivity (Wildman–Crippen MR) is 49.2 cm³/mol. The molecular weight excluding hydrogens is 186 g/mol. The molecule has 0 radical (unpaired) electrons. The van der Waals surface area contributed by atoms with Crippen LogP contribution in [0.25, 0.3) is 0 Å². The highest BCUT2D eigenvalue weighted by Crippen LogP contribution is 2.11. The van der Waals surface area contributed by atoms with Crippen LogP contribution >= 0.6 is 0 Å². The van der Waals surface area contributed by atoms with E-state index in [1.807, 2.05) is 0 Å². The third-order valence-corrected chi connectivity index (χ3v) is 2.15. The van der Waals surface area contributed by atoms with E-state index in [9.17, 15) is 9.59 Å². The molecule has 6 heteroatoms. The molecule has 3 N–H and O–H groups in total. The molecule has 1 aliphatic rings. The lowest BCUT2D eigenvalue weighted by Gasteiger charge is -2.34. The van der Waals surface area contributed by atoms with Gasteiger partial charge in [-0.25, -0.2) is 4.79 Å². The van der Waals surface area contributed by atoms with Crippen molar-refractivity contribution < 1.29 is 14.7 Å². The molecule has 0 bridgehead atoms. The summed E-state index contributed by atoms with van der Waals surface area (Å²) in [5, 5.41) is 18.3. The standard InChI is InChI=1S/C8H13N3O3/c1-4(2)11-3-5(7(12)13)6(9)10-8(11)14/h4-5H,3H2,1-2H3,(H,12,13)(H2,9,10,14). The summed E-state index contributed by atoms with van der Waals surface area (Å²) in [4.78, 5) is 23.4. The summed E-state index contributed by atoms with van der Waals surface area (Å²) in [5.41, 5.74) is 0. The highest BCUT2D eigenvalue weighted by atomic mass is 16.4. The van der Waals surface area contributed by atoms with Crippen LogP contribution in [0.2, 0.25) is 0 Å². The van der Waals surface area contributed by atoms with Crippen molar-refractivity contribution in [1.82, 2.24) is 10.2 Å². The topological polar surface area (TPSA) is 93.5 Å². The zero-order valence-corrected chi connectivity index (χ0v) is 8.07. The van der Waals surface area contributed by atoms with Crippen LogP contribution in [0.4, 0.5) is 4.79 Å². The highest BCUT2D eigenvalue weighted by Gasteiger charge is 2.35. The van der Waals surface area contributed by atoms with E-state index >= 15 is 0 Å². The van der Waals surface area contributed by atoms with Gasteiger partial charge in [0.1, 0.15) is 11.8 Å². The Bertz CT molecular complexity index is 288. The van der Waals surface area contributed by atoms with Gasteiger partial charge in [0, 0.05) is 12.6 Å². The fraction of sp³-hybridized carbons (Fsp3) is 0.625. The van der Waals surface area contributed by atoms with Gasteiger partial charge in [0.25, 0.3) is 0 Å². The largest absolute Gasteiger partial charge is 0.481 e. The summed E-state index contributed by atoms with van der Waals surface area (Å²) >= 11 is 0. The van der Waals surface area contributed by atoms with Crippen LogP contribution in [0.5, 0.6) is 0 Å². The minimum atomic E-state index is -1.08. The van der Waals surface area contributed by atoms with Crippen LogP contribution in [-0.4, -0.2) is 40.4 Å². The lowest BCUT2D eigenvalue weighted by molar-refractivity contribution is -0.140. The maximum absolute atomic E-state index is 11.3. The predicted octanol–water partition coefficient (Wildman–Crippen LogP) is 0.0981. The van der Waals surface area contributed by atoms with Crippen LogP contribution in [-0.2, 0) is 4.79 Å². The normalized spacial score (nSPS) is 22.5. The molecule has 0 aromatic carbocycles. The van der Waals surface area contributed by atoms with E-state index < -0.39 is 17.9 Å². The lowest BCUT2D eigenvalue weighted by Crippen LogP contribution is -2.58. The Morgan fingerprint density at radius 3 is 2.71 bits per heavy atom. The van der Waals surface area contributed by atoms with Crippen LogP contribution < -0.4 is 5.32 Å². The average Bonchev–Trinajstić information content (AvgIpc) is 2.02. The van der Waals surface area contributed by atoms with Gasteiger partial charge in [-0.3, -0.25) is 15.5 Å². The second kappa shape index (κ2) is 3.65. The second-order valence-corrected chi connectivity index (χ2v) is 3.48. The first-order chi connectivity index (χ1) is 6.43. The second-order valence-electron chi connectivity index (χ2n) is 3.48. The number of hydrogen-bond acceptors (Lipinski definition) is 3. The first-order valence-electron chi connectivity index (χ1n) is 4.32. The number of carboxylic acids is 1. The molecule has 0 aliphatic carbocycles. The van der Waals surface area contributed by atoms with E-state index in [1.54, 1.807) is 13.8 Å². The van der Waals surface area contributed by atoms with Gasteiger partial charge in [-0.15, -0.1) is 0 Å². The van der Waals surface area contributed by atoms with E-state index in [0.717, 1.165) is 0 Å². The third-order valence-electron chi connectivity index (χ3n) is 2.15. The van der Waals surface area contributed by atoms with E-state index in [2.05, 4.69) is 5.32 Å². The van der Waals surface area contributed by atoms with Gasteiger partial charge in [-0.2, -0.15) is 0 Å². The van der Waals surface area contributed by atoms with Crippen LogP contribution in [0.1, 0.15) is 13.8 Å². The Labute approximate surface area is 81.4 Å². The number of amidine groups is 1. The number of hydrogen-bond donors (Lipinski definition) is 3. The first-order valence-corrected chi connectivity index (χ1v) is 4.32. The number of aliphatic carboxylic acids is 1. The van der Waals surface area contributed by atoms with Crippen molar-refractivity contribution in [2.75, 3.05) is 6.54 Å². The average molecular weight is 199 g/mol. The summed E-state index contributed by atoms with van der Waals surface area (Å²) in [6, 6.07) is -0.465. The molecule has 78 valence electrons. The summed E-state index contributed by atoms with van der Waals surface area (Å²) in [7, 11) is 0. The smallest absolute Gasteiger partial charge is 0.323 e. The van der Waals surface area contributed by atoms with E-state index in [4.69, 9.17) is 10.5 Å². The number of carbonyl (C=O) groups is 2. The van der Waals surface area contributed by atoms with Gasteiger partial charge in [0.15, 0.2) is 0 Å². The summed E-state index contributed by atoms with van der Waals surface area (Å²) in [6.07, 6.45) is 0. The summed E-state index contributed by atoms with van der Waals surface area (Å²) in [5.74, 6) is -2.25. The SMILES string of the molecule is CC(C)N1CC(C(=O)O)C(=N)NC1=O. The van der Waals surface area contributed by atoms with E-state index in [-0.39, 0.29) is 18.4 Å². The van der Waals surface area contributed by atoms with Crippen molar-refractivity contribution in [3.05, 3.63) is 0 Å². The molecule has 1 heterocycles. The monoisotopic (exact) mass is 199 g/mol. The van der Waals surface area contributed by atoms with Crippen molar-refractivity contribution in [3.8, 4) is 0 Å². The number of urea groups is 1. The molecule has 0 spiro atoms. The fourth-order valence-electron chi connectivity index (χ4n) is 1.29. The molecule has 1 rings (SSSR count). The minimum absolute atomic E-state index is 0.0649. The zero-order chi connectivity index (χ0) is 10.9. The number of amides is 2. The van der Waals surface area contributed by atoms with Crippen molar-refractivity contribution in [2.45, 2.75) is 19.9 Å². The Balaban J connectivity index is 2.80. The van der Waals surface area contributed by atoms with Crippen LogP contribution in [0.3, 0.4) is 0 Å². The molecule has 1 aliphatic heterocycles.